The first-order valence-electron chi connectivity index (χ1n) is 5.53. The molecule has 0 atom stereocenters. The number of hydrogen-bond acceptors (Lipinski definition) is 4. The number of piperazine rings is 1. The molecule has 1 fully saturated rings. The second kappa shape index (κ2) is 5.14. The lowest BCUT2D eigenvalue weighted by atomic mass is 10.3. The minimum atomic E-state index is -0.174. The molecule has 16 heavy (non-hydrogen) atoms. The molecule has 1 aromatic heterocycles. The lowest BCUT2D eigenvalue weighted by Gasteiger charge is -2.26. The van der Waals surface area contributed by atoms with Gasteiger partial charge in [-0.3, -0.25) is 9.69 Å². The minimum absolute atomic E-state index is 0.174. The zero-order valence-corrected chi connectivity index (χ0v) is 9.45. The fourth-order valence-corrected chi connectivity index (χ4v) is 1.80. The van der Waals surface area contributed by atoms with Crippen LogP contribution in [0.3, 0.4) is 0 Å². The third-order valence-corrected chi connectivity index (χ3v) is 2.70. The quantitative estimate of drug-likeness (QED) is 0.760. The Kier molecular flexibility index (Phi) is 3.58. The molecule has 5 heteroatoms. The van der Waals surface area contributed by atoms with Crippen LogP contribution >= 0.6 is 0 Å². The Hall–Kier alpha value is -1.33. The van der Waals surface area contributed by atoms with Crippen LogP contribution in [-0.2, 0) is 6.54 Å². The topological polar surface area (TPSA) is 57.5 Å². The second-order valence-corrected chi connectivity index (χ2v) is 3.87. The van der Waals surface area contributed by atoms with Crippen LogP contribution in [0.2, 0.25) is 0 Å². The van der Waals surface area contributed by atoms with E-state index in [1.54, 1.807) is 13.1 Å². The van der Waals surface area contributed by atoms with E-state index in [0.29, 0.717) is 5.76 Å². The summed E-state index contributed by atoms with van der Waals surface area (Å²) in [6.07, 6.45) is 0. The molecule has 0 saturated carbocycles. The molecule has 88 valence electrons. The number of furan rings is 1. The van der Waals surface area contributed by atoms with E-state index in [2.05, 4.69) is 15.5 Å². The van der Waals surface area contributed by atoms with Gasteiger partial charge in [-0.1, -0.05) is 0 Å². The summed E-state index contributed by atoms with van der Waals surface area (Å²) in [7, 11) is 1.60. The van der Waals surface area contributed by atoms with Gasteiger partial charge in [0.15, 0.2) is 5.76 Å². The monoisotopic (exact) mass is 223 g/mol. The van der Waals surface area contributed by atoms with Crippen molar-refractivity contribution in [2.24, 2.45) is 0 Å². The zero-order chi connectivity index (χ0) is 11.4. The summed E-state index contributed by atoms with van der Waals surface area (Å²) in [5.74, 6) is 1.06. The smallest absolute Gasteiger partial charge is 0.286 e. The summed E-state index contributed by atoms with van der Waals surface area (Å²) in [6, 6.07) is 3.59. The van der Waals surface area contributed by atoms with Gasteiger partial charge in [0.2, 0.25) is 0 Å². The highest BCUT2D eigenvalue weighted by Gasteiger charge is 2.14. The first-order valence-corrected chi connectivity index (χ1v) is 5.53. The Bertz CT molecular complexity index is 356. The average molecular weight is 223 g/mol. The SMILES string of the molecule is CNC(=O)c1ccc(CN2CCNCC2)o1. The fourth-order valence-electron chi connectivity index (χ4n) is 1.80. The van der Waals surface area contributed by atoms with Crippen LogP contribution in [0.1, 0.15) is 16.3 Å². The predicted molar refractivity (Wildman–Crippen MR) is 60.2 cm³/mol. The van der Waals surface area contributed by atoms with Gasteiger partial charge < -0.3 is 15.1 Å². The molecular weight excluding hydrogens is 206 g/mol. The zero-order valence-electron chi connectivity index (χ0n) is 9.45. The van der Waals surface area contributed by atoms with Crippen molar-refractivity contribution in [3.63, 3.8) is 0 Å². The van der Waals surface area contributed by atoms with E-state index in [4.69, 9.17) is 4.42 Å². The molecule has 0 aromatic carbocycles. The van der Waals surface area contributed by atoms with Crippen LogP contribution in [0.4, 0.5) is 0 Å². The molecular formula is C11H17N3O2. The average Bonchev–Trinajstić information content (AvgIpc) is 2.78. The van der Waals surface area contributed by atoms with Crippen LogP contribution in [0.15, 0.2) is 16.5 Å². The number of rotatable bonds is 3. The molecule has 0 bridgehead atoms. The molecule has 2 heterocycles. The van der Waals surface area contributed by atoms with Gasteiger partial charge in [0, 0.05) is 33.2 Å². The standard InChI is InChI=1S/C11H17N3O2/c1-12-11(15)10-3-2-9(16-10)8-14-6-4-13-5-7-14/h2-3,13H,4-8H2,1H3,(H,12,15). The van der Waals surface area contributed by atoms with E-state index in [-0.39, 0.29) is 5.91 Å². The van der Waals surface area contributed by atoms with Crippen LogP contribution in [0.5, 0.6) is 0 Å². The molecule has 1 aliphatic heterocycles. The van der Waals surface area contributed by atoms with E-state index in [1.165, 1.54) is 0 Å². The summed E-state index contributed by atoms with van der Waals surface area (Å²) in [6.45, 7) is 4.86. The van der Waals surface area contributed by atoms with Gasteiger partial charge in [-0.25, -0.2) is 0 Å². The second-order valence-electron chi connectivity index (χ2n) is 3.87. The van der Waals surface area contributed by atoms with Gasteiger partial charge in [0.25, 0.3) is 5.91 Å². The number of nitrogens with one attached hydrogen (secondary N) is 2. The summed E-state index contributed by atoms with van der Waals surface area (Å²) < 4.78 is 5.46. The fraction of sp³-hybridized carbons (Fsp3) is 0.545. The van der Waals surface area contributed by atoms with Crippen LogP contribution in [0, 0.1) is 0 Å². The van der Waals surface area contributed by atoms with Gasteiger partial charge >= 0.3 is 0 Å². The summed E-state index contributed by atoms with van der Waals surface area (Å²) in [5.41, 5.74) is 0. The number of hydrogen-bond donors (Lipinski definition) is 2. The van der Waals surface area contributed by atoms with Crippen molar-refractivity contribution in [1.82, 2.24) is 15.5 Å². The van der Waals surface area contributed by atoms with E-state index in [0.717, 1.165) is 38.5 Å². The molecule has 0 spiro atoms. The van der Waals surface area contributed by atoms with Crippen LogP contribution in [-0.4, -0.2) is 44.0 Å². The first kappa shape index (κ1) is 11.2. The molecule has 1 amide bonds. The Morgan fingerprint density at radius 1 is 1.50 bits per heavy atom. The van der Waals surface area contributed by atoms with Gasteiger partial charge in [-0.2, -0.15) is 0 Å². The molecule has 2 rings (SSSR count). The first-order chi connectivity index (χ1) is 7.79. The van der Waals surface area contributed by atoms with Crippen molar-refractivity contribution in [2.45, 2.75) is 6.54 Å². The van der Waals surface area contributed by atoms with Gasteiger partial charge in [0.05, 0.1) is 6.54 Å². The van der Waals surface area contributed by atoms with Crippen molar-refractivity contribution in [3.8, 4) is 0 Å². The Morgan fingerprint density at radius 2 is 2.25 bits per heavy atom. The normalized spacial score (nSPS) is 17.3. The third-order valence-electron chi connectivity index (χ3n) is 2.70. The van der Waals surface area contributed by atoms with Gasteiger partial charge in [-0.05, 0) is 12.1 Å². The minimum Gasteiger partial charge on any atom is -0.455 e. The Labute approximate surface area is 94.8 Å². The molecule has 0 aliphatic carbocycles. The van der Waals surface area contributed by atoms with Crippen LogP contribution < -0.4 is 10.6 Å². The summed E-state index contributed by atoms with van der Waals surface area (Å²) in [4.78, 5) is 13.6. The van der Waals surface area contributed by atoms with Crippen molar-refractivity contribution in [2.75, 3.05) is 33.2 Å². The molecule has 1 saturated heterocycles. The number of amides is 1. The molecule has 5 nitrogen and oxygen atoms in total. The van der Waals surface area contributed by atoms with E-state index in [1.807, 2.05) is 6.07 Å². The van der Waals surface area contributed by atoms with Crippen LogP contribution in [0.25, 0.3) is 0 Å². The number of nitrogens with zero attached hydrogens (tertiary/aromatic N) is 1. The highest BCUT2D eigenvalue weighted by atomic mass is 16.4. The number of carbonyl (C=O) groups excluding carboxylic acids is 1. The summed E-state index contributed by atoms with van der Waals surface area (Å²) >= 11 is 0. The molecule has 1 aliphatic rings. The molecule has 0 unspecified atom stereocenters. The molecule has 1 aromatic rings. The maximum Gasteiger partial charge on any atom is 0.286 e. The van der Waals surface area contributed by atoms with Crippen molar-refractivity contribution < 1.29 is 9.21 Å². The largest absolute Gasteiger partial charge is 0.455 e. The number of carbonyl (C=O) groups is 1. The van der Waals surface area contributed by atoms with Crippen molar-refractivity contribution >= 4 is 5.91 Å². The highest BCUT2D eigenvalue weighted by Crippen LogP contribution is 2.10. The third kappa shape index (κ3) is 2.62. The lowest BCUT2D eigenvalue weighted by molar-refractivity contribution is 0.0931. The summed E-state index contributed by atoms with van der Waals surface area (Å²) in [5, 5.41) is 5.84. The Morgan fingerprint density at radius 3 is 2.94 bits per heavy atom. The van der Waals surface area contributed by atoms with Gasteiger partial charge in [-0.15, -0.1) is 0 Å². The van der Waals surface area contributed by atoms with Crippen molar-refractivity contribution in [3.05, 3.63) is 23.7 Å². The van der Waals surface area contributed by atoms with E-state index >= 15 is 0 Å². The maximum absolute atomic E-state index is 11.3. The van der Waals surface area contributed by atoms with Gasteiger partial charge in [0.1, 0.15) is 5.76 Å². The molecule has 2 N–H and O–H groups in total. The van der Waals surface area contributed by atoms with Crippen molar-refractivity contribution in [1.29, 1.82) is 0 Å². The maximum atomic E-state index is 11.3. The predicted octanol–water partition coefficient (Wildman–Crippen LogP) is 0.0444. The Balaban J connectivity index is 1.94. The van der Waals surface area contributed by atoms with E-state index < -0.39 is 0 Å². The lowest BCUT2D eigenvalue weighted by Crippen LogP contribution is -2.42. The highest BCUT2D eigenvalue weighted by molar-refractivity contribution is 5.91. The molecule has 0 radical (unpaired) electrons. The van der Waals surface area contributed by atoms with E-state index in [9.17, 15) is 4.79 Å².